The standard InChI is InChI=1S/C18H18ClNO4S/c1-12(21)13-7-9-16(10-8-13)25(23,24)20-17(22)18(2,3)14-5-4-6-15(19)11-14/h4-11H,1-3H3,(H,20,22). The van der Waals surface area contributed by atoms with Crippen molar-refractivity contribution in [3.63, 3.8) is 0 Å². The van der Waals surface area contributed by atoms with E-state index in [4.69, 9.17) is 11.6 Å². The highest BCUT2D eigenvalue weighted by Gasteiger charge is 2.33. The third-order valence-corrected chi connectivity index (χ3v) is 5.49. The van der Waals surface area contributed by atoms with Crippen LogP contribution in [0.3, 0.4) is 0 Å². The van der Waals surface area contributed by atoms with Crippen LogP contribution >= 0.6 is 11.6 Å². The average Bonchev–Trinajstić information content (AvgIpc) is 2.54. The quantitative estimate of drug-likeness (QED) is 0.808. The molecule has 1 N–H and O–H groups in total. The number of hydrogen-bond donors (Lipinski definition) is 1. The first-order chi connectivity index (χ1) is 11.5. The zero-order valence-corrected chi connectivity index (χ0v) is 15.6. The van der Waals surface area contributed by atoms with Crippen LogP contribution in [0.4, 0.5) is 0 Å². The summed E-state index contributed by atoms with van der Waals surface area (Å²) in [4.78, 5) is 23.7. The molecule has 132 valence electrons. The van der Waals surface area contributed by atoms with Gasteiger partial charge in [-0.15, -0.1) is 0 Å². The molecule has 0 saturated carbocycles. The summed E-state index contributed by atoms with van der Waals surface area (Å²) in [6, 6.07) is 12.1. The molecule has 0 bridgehead atoms. The molecule has 0 fully saturated rings. The third-order valence-electron chi connectivity index (χ3n) is 3.91. The number of nitrogens with one attached hydrogen (secondary N) is 1. The summed E-state index contributed by atoms with van der Waals surface area (Å²) in [5, 5.41) is 0.459. The molecule has 0 heterocycles. The monoisotopic (exact) mass is 379 g/mol. The summed E-state index contributed by atoms with van der Waals surface area (Å²) in [5.74, 6) is -0.847. The molecule has 0 spiro atoms. The van der Waals surface area contributed by atoms with E-state index in [0.717, 1.165) is 0 Å². The Bertz CT molecular complexity index is 918. The molecule has 1 amide bonds. The van der Waals surface area contributed by atoms with Crippen LogP contribution in [0.15, 0.2) is 53.4 Å². The predicted molar refractivity (Wildman–Crippen MR) is 96.3 cm³/mol. The molecular formula is C18H18ClNO4S. The van der Waals surface area contributed by atoms with Crippen LogP contribution in [0.5, 0.6) is 0 Å². The van der Waals surface area contributed by atoms with Gasteiger partial charge in [-0.05, 0) is 50.6 Å². The first kappa shape index (κ1) is 19.1. The number of halogens is 1. The van der Waals surface area contributed by atoms with E-state index in [-0.39, 0.29) is 10.7 Å². The van der Waals surface area contributed by atoms with E-state index in [9.17, 15) is 18.0 Å². The van der Waals surface area contributed by atoms with Gasteiger partial charge >= 0.3 is 0 Å². The fraction of sp³-hybridized carbons (Fsp3) is 0.222. The van der Waals surface area contributed by atoms with Crippen LogP contribution in [0.25, 0.3) is 0 Å². The maximum absolute atomic E-state index is 12.6. The van der Waals surface area contributed by atoms with Crippen molar-refractivity contribution < 1.29 is 18.0 Å². The Morgan fingerprint density at radius 2 is 1.64 bits per heavy atom. The Morgan fingerprint density at radius 1 is 1.04 bits per heavy atom. The maximum atomic E-state index is 12.6. The summed E-state index contributed by atoms with van der Waals surface area (Å²) in [7, 11) is -4.05. The van der Waals surface area contributed by atoms with Gasteiger partial charge < -0.3 is 0 Å². The smallest absolute Gasteiger partial charge is 0.264 e. The van der Waals surface area contributed by atoms with Gasteiger partial charge in [0.25, 0.3) is 10.0 Å². The molecule has 25 heavy (non-hydrogen) atoms. The highest BCUT2D eigenvalue weighted by atomic mass is 35.5. The molecular weight excluding hydrogens is 362 g/mol. The number of ketones is 1. The summed E-state index contributed by atoms with van der Waals surface area (Å²) in [6.07, 6.45) is 0. The fourth-order valence-electron chi connectivity index (χ4n) is 2.19. The van der Waals surface area contributed by atoms with Gasteiger partial charge in [-0.1, -0.05) is 35.9 Å². The van der Waals surface area contributed by atoms with Gasteiger partial charge in [0.1, 0.15) is 0 Å². The lowest BCUT2D eigenvalue weighted by Crippen LogP contribution is -2.43. The molecule has 2 aromatic carbocycles. The number of amides is 1. The Hall–Kier alpha value is -2.18. The Labute approximate surface area is 152 Å². The number of carbonyl (C=O) groups excluding carboxylic acids is 2. The second kappa shape index (κ2) is 6.98. The number of hydrogen-bond acceptors (Lipinski definition) is 4. The number of benzene rings is 2. The first-order valence-electron chi connectivity index (χ1n) is 7.48. The van der Waals surface area contributed by atoms with Crippen LogP contribution < -0.4 is 4.72 Å². The minimum absolute atomic E-state index is 0.0901. The van der Waals surface area contributed by atoms with Crippen molar-refractivity contribution in [3.05, 3.63) is 64.7 Å². The molecule has 0 saturated heterocycles. The third kappa shape index (κ3) is 4.27. The second-order valence-electron chi connectivity index (χ2n) is 6.15. The number of Topliss-reactive ketones (excluding diaryl/α,β-unsaturated/α-hetero) is 1. The Kier molecular flexibility index (Phi) is 5.34. The number of sulfonamides is 1. The lowest BCUT2D eigenvalue weighted by Gasteiger charge is -2.24. The van der Waals surface area contributed by atoms with Gasteiger partial charge in [-0.2, -0.15) is 0 Å². The Morgan fingerprint density at radius 3 is 2.16 bits per heavy atom. The zero-order valence-electron chi connectivity index (χ0n) is 14.0. The average molecular weight is 380 g/mol. The molecule has 2 aromatic rings. The van der Waals surface area contributed by atoms with Gasteiger partial charge in [0.15, 0.2) is 5.78 Å². The minimum atomic E-state index is -4.05. The normalized spacial score (nSPS) is 11.8. The van der Waals surface area contributed by atoms with E-state index in [1.165, 1.54) is 31.2 Å². The molecule has 0 atom stereocenters. The van der Waals surface area contributed by atoms with Crippen molar-refractivity contribution in [2.45, 2.75) is 31.1 Å². The first-order valence-corrected chi connectivity index (χ1v) is 9.34. The topological polar surface area (TPSA) is 80.3 Å². The fourth-order valence-corrected chi connectivity index (χ4v) is 3.49. The van der Waals surface area contributed by atoms with Gasteiger partial charge in [0.05, 0.1) is 10.3 Å². The van der Waals surface area contributed by atoms with Crippen LogP contribution in [0, 0.1) is 0 Å². The molecule has 0 radical (unpaired) electrons. The predicted octanol–water partition coefficient (Wildman–Crippen LogP) is 3.33. The van der Waals surface area contributed by atoms with E-state index in [2.05, 4.69) is 4.72 Å². The maximum Gasteiger partial charge on any atom is 0.264 e. The van der Waals surface area contributed by atoms with E-state index < -0.39 is 21.3 Å². The highest BCUT2D eigenvalue weighted by molar-refractivity contribution is 7.90. The van der Waals surface area contributed by atoms with Crippen molar-refractivity contribution >= 4 is 33.3 Å². The lowest BCUT2D eigenvalue weighted by molar-refractivity contribution is -0.123. The van der Waals surface area contributed by atoms with Crippen molar-refractivity contribution in [1.82, 2.24) is 4.72 Å². The van der Waals surface area contributed by atoms with Gasteiger partial charge in [-0.3, -0.25) is 9.59 Å². The van der Waals surface area contributed by atoms with Crippen LogP contribution in [-0.2, 0) is 20.2 Å². The molecule has 2 rings (SSSR count). The lowest BCUT2D eigenvalue weighted by atomic mass is 9.84. The zero-order chi connectivity index (χ0) is 18.8. The van der Waals surface area contributed by atoms with Crippen molar-refractivity contribution in [2.24, 2.45) is 0 Å². The molecule has 0 aromatic heterocycles. The van der Waals surface area contributed by atoms with Crippen molar-refractivity contribution in [1.29, 1.82) is 0 Å². The highest BCUT2D eigenvalue weighted by Crippen LogP contribution is 2.26. The molecule has 7 heteroatoms. The summed E-state index contributed by atoms with van der Waals surface area (Å²) in [6.45, 7) is 4.61. The molecule has 5 nitrogen and oxygen atoms in total. The van der Waals surface area contributed by atoms with Crippen LogP contribution in [-0.4, -0.2) is 20.1 Å². The molecule has 0 unspecified atom stereocenters. The number of carbonyl (C=O) groups is 2. The summed E-state index contributed by atoms with van der Waals surface area (Å²) >= 11 is 5.95. The van der Waals surface area contributed by atoms with Gasteiger partial charge in [-0.25, -0.2) is 13.1 Å². The van der Waals surface area contributed by atoms with E-state index in [1.807, 2.05) is 0 Å². The molecule has 0 aliphatic heterocycles. The largest absolute Gasteiger partial charge is 0.295 e. The van der Waals surface area contributed by atoms with E-state index in [0.29, 0.717) is 16.1 Å². The number of rotatable bonds is 5. The van der Waals surface area contributed by atoms with E-state index >= 15 is 0 Å². The molecule has 0 aliphatic carbocycles. The second-order valence-corrected chi connectivity index (χ2v) is 8.27. The SMILES string of the molecule is CC(=O)c1ccc(S(=O)(=O)NC(=O)C(C)(C)c2cccc(Cl)c2)cc1. The Balaban J connectivity index is 2.27. The molecule has 0 aliphatic rings. The summed E-state index contributed by atoms with van der Waals surface area (Å²) in [5.41, 5.74) is -0.110. The minimum Gasteiger partial charge on any atom is -0.295 e. The van der Waals surface area contributed by atoms with Gasteiger partial charge in [0, 0.05) is 10.6 Å². The van der Waals surface area contributed by atoms with Crippen molar-refractivity contribution in [3.8, 4) is 0 Å². The summed E-state index contributed by atoms with van der Waals surface area (Å²) < 4.78 is 26.9. The van der Waals surface area contributed by atoms with Gasteiger partial charge in [0.2, 0.25) is 5.91 Å². The van der Waals surface area contributed by atoms with Crippen LogP contribution in [0.2, 0.25) is 5.02 Å². The van der Waals surface area contributed by atoms with E-state index in [1.54, 1.807) is 38.1 Å². The van der Waals surface area contributed by atoms with Crippen LogP contribution in [0.1, 0.15) is 36.7 Å². The van der Waals surface area contributed by atoms with Crippen molar-refractivity contribution in [2.75, 3.05) is 0 Å².